The van der Waals surface area contributed by atoms with Gasteiger partial charge in [0, 0.05) is 35.1 Å². The van der Waals surface area contributed by atoms with Crippen LogP contribution in [0.25, 0.3) is 0 Å². The van der Waals surface area contributed by atoms with Gasteiger partial charge in [0.15, 0.2) is 11.5 Å². The van der Waals surface area contributed by atoms with Crippen LogP contribution in [-0.2, 0) is 32.6 Å². The zero-order chi connectivity index (χ0) is 30.4. The summed E-state index contributed by atoms with van der Waals surface area (Å²) in [5.74, 6) is -0.111. The zero-order valence-electron chi connectivity index (χ0n) is 23.5. The van der Waals surface area contributed by atoms with E-state index in [-0.39, 0.29) is 37.4 Å². The van der Waals surface area contributed by atoms with Gasteiger partial charge in [0.05, 0.1) is 11.9 Å². The minimum Gasteiger partial charge on any atom is -0.454 e. The number of carbonyl (C=O) groups is 2. The lowest BCUT2D eigenvalue weighted by Gasteiger charge is -2.34. The number of hydrogen-bond acceptors (Lipinski definition) is 6. The van der Waals surface area contributed by atoms with Crippen molar-refractivity contribution in [3.05, 3.63) is 87.9 Å². The summed E-state index contributed by atoms with van der Waals surface area (Å²) in [6, 6.07) is 17.7. The number of rotatable bonds is 12. The lowest BCUT2D eigenvalue weighted by Crippen LogP contribution is -2.54. The smallest absolute Gasteiger partial charge is 0.244 e. The third-order valence-electron chi connectivity index (χ3n) is 6.95. The molecule has 3 aromatic rings. The predicted molar refractivity (Wildman–Crippen MR) is 164 cm³/mol. The Kier molecular flexibility index (Phi) is 10.2. The van der Waals surface area contributed by atoms with Crippen LogP contribution in [0.4, 0.5) is 5.69 Å². The van der Waals surface area contributed by atoms with Gasteiger partial charge in [-0.2, -0.15) is 0 Å². The van der Waals surface area contributed by atoms with Crippen LogP contribution in [-0.4, -0.2) is 56.8 Å². The number of benzene rings is 3. The second-order valence-corrected chi connectivity index (χ2v) is 12.8. The number of nitrogens with zero attached hydrogens (tertiary/aromatic N) is 2. The first-order chi connectivity index (χ1) is 20.0. The molecule has 0 bridgehead atoms. The topological polar surface area (TPSA) is 105 Å². The number of carbonyl (C=O) groups excluding carboxylic acids is 2. The van der Waals surface area contributed by atoms with Gasteiger partial charge >= 0.3 is 0 Å². The van der Waals surface area contributed by atoms with Gasteiger partial charge < -0.3 is 19.7 Å². The van der Waals surface area contributed by atoms with E-state index < -0.39 is 28.5 Å². The Balaban J connectivity index is 1.75. The van der Waals surface area contributed by atoms with Crippen molar-refractivity contribution >= 4 is 50.7 Å². The van der Waals surface area contributed by atoms with Crippen LogP contribution in [0.15, 0.2) is 66.7 Å². The molecule has 3 aromatic carbocycles. The lowest BCUT2D eigenvalue weighted by molar-refractivity contribution is -0.140. The summed E-state index contributed by atoms with van der Waals surface area (Å²) >= 11 is 12.6. The predicted octanol–water partition coefficient (Wildman–Crippen LogP) is 5.04. The molecule has 4 rings (SSSR count). The molecular formula is C30H33Cl2N3O6S. The molecule has 42 heavy (non-hydrogen) atoms. The summed E-state index contributed by atoms with van der Waals surface area (Å²) in [5.41, 5.74) is 1.61. The maximum absolute atomic E-state index is 14.2. The summed E-state index contributed by atoms with van der Waals surface area (Å²) in [5, 5.41) is 3.73. The van der Waals surface area contributed by atoms with Crippen LogP contribution in [0.3, 0.4) is 0 Å². The van der Waals surface area contributed by atoms with E-state index in [4.69, 9.17) is 32.7 Å². The Morgan fingerprint density at radius 3 is 2.38 bits per heavy atom. The molecular weight excluding hydrogens is 601 g/mol. The van der Waals surface area contributed by atoms with E-state index in [9.17, 15) is 18.0 Å². The van der Waals surface area contributed by atoms with Gasteiger partial charge in [0.25, 0.3) is 0 Å². The van der Waals surface area contributed by atoms with Crippen molar-refractivity contribution in [1.82, 2.24) is 10.2 Å². The van der Waals surface area contributed by atoms with Crippen molar-refractivity contribution in [2.24, 2.45) is 0 Å². The van der Waals surface area contributed by atoms with E-state index in [0.29, 0.717) is 33.5 Å². The zero-order valence-corrected chi connectivity index (χ0v) is 25.9. The first kappa shape index (κ1) is 31.5. The molecule has 0 aliphatic carbocycles. The van der Waals surface area contributed by atoms with Gasteiger partial charge in [-0.25, -0.2) is 8.42 Å². The van der Waals surface area contributed by atoms with Crippen LogP contribution >= 0.6 is 23.2 Å². The highest BCUT2D eigenvalue weighted by molar-refractivity contribution is 7.92. The highest BCUT2D eigenvalue weighted by Crippen LogP contribution is 2.36. The van der Waals surface area contributed by atoms with Crippen molar-refractivity contribution in [3.8, 4) is 11.5 Å². The molecule has 1 aliphatic rings. The lowest BCUT2D eigenvalue weighted by atomic mass is 10.0. The van der Waals surface area contributed by atoms with E-state index in [1.54, 1.807) is 30.3 Å². The van der Waals surface area contributed by atoms with Gasteiger partial charge in [-0.05, 0) is 48.7 Å². The summed E-state index contributed by atoms with van der Waals surface area (Å²) in [7, 11) is -3.93. The Labute approximate surface area is 256 Å². The van der Waals surface area contributed by atoms with E-state index >= 15 is 0 Å². The van der Waals surface area contributed by atoms with Crippen molar-refractivity contribution in [2.75, 3.05) is 23.9 Å². The molecule has 0 fully saturated rings. The van der Waals surface area contributed by atoms with E-state index in [1.165, 1.54) is 11.0 Å². The number of fused-ring (bicyclic) bond motifs is 1. The van der Waals surface area contributed by atoms with Gasteiger partial charge in [0.1, 0.15) is 12.6 Å². The quantitative estimate of drug-likeness (QED) is 0.299. The molecule has 1 N–H and O–H groups in total. The molecule has 2 amide bonds. The monoisotopic (exact) mass is 633 g/mol. The minimum atomic E-state index is -3.93. The van der Waals surface area contributed by atoms with Crippen LogP contribution < -0.4 is 19.1 Å². The third-order valence-corrected chi connectivity index (χ3v) is 8.68. The van der Waals surface area contributed by atoms with Crippen molar-refractivity contribution < 1.29 is 27.5 Å². The van der Waals surface area contributed by atoms with E-state index in [2.05, 4.69) is 5.32 Å². The molecule has 2 atom stereocenters. The Morgan fingerprint density at radius 2 is 1.71 bits per heavy atom. The normalized spacial score (nSPS) is 13.7. The fraction of sp³-hybridized carbons (Fsp3) is 0.333. The minimum absolute atomic E-state index is 0.0126. The second-order valence-electron chi connectivity index (χ2n) is 10.1. The SMILES string of the molecule is CCC(C)NC(=O)C(Cc1ccccc1)N(Cc1ccc(Cl)cc1Cl)C(=O)CN(c1ccc2c(c1)OCO2)S(C)(=O)=O. The molecule has 0 radical (unpaired) electrons. The molecule has 1 aliphatic heterocycles. The van der Waals surface area contributed by atoms with Gasteiger partial charge in [-0.15, -0.1) is 0 Å². The maximum Gasteiger partial charge on any atom is 0.244 e. The van der Waals surface area contributed by atoms with Crippen LogP contribution in [0.5, 0.6) is 11.5 Å². The third kappa shape index (κ3) is 7.87. The summed E-state index contributed by atoms with van der Waals surface area (Å²) in [4.78, 5) is 29.3. The number of nitrogens with one attached hydrogen (secondary N) is 1. The summed E-state index contributed by atoms with van der Waals surface area (Å²) in [6.45, 7) is 3.22. The fourth-order valence-corrected chi connectivity index (χ4v) is 5.79. The second kappa shape index (κ2) is 13.7. The van der Waals surface area contributed by atoms with Gasteiger partial charge in [-0.1, -0.05) is 66.5 Å². The fourth-order valence-electron chi connectivity index (χ4n) is 4.48. The van der Waals surface area contributed by atoms with Crippen molar-refractivity contribution in [1.29, 1.82) is 0 Å². The highest BCUT2D eigenvalue weighted by atomic mass is 35.5. The molecule has 0 saturated carbocycles. The molecule has 12 heteroatoms. The van der Waals surface area contributed by atoms with Crippen LogP contribution in [0.2, 0.25) is 10.0 Å². The molecule has 0 aromatic heterocycles. The first-order valence-electron chi connectivity index (χ1n) is 13.4. The largest absolute Gasteiger partial charge is 0.454 e. The Bertz CT molecular complexity index is 1540. The van der Waals surface area contributed by atoms with Crippen molar-refractivity contribution in [2.45, 2.75) is 45.3 Å². The molecule has 9 nitrogen and oxygen atoms in total. The molecule has 1 heterocycles. The maximum atomic E-state index is 14.2. The Hall–Kier alpha value is -3.47. The Morgan fingerprint density at radius 1 is 1.00 bits per heavy atom. The number of ether oxygens (including phenoxy) is 2. The summed E-state index contributed by atoms with van der Waals surface area (Å²) in [6.07, 6.45) is 1.90. The van der Waals surface area contributed by atoms with E-state index in [0.717, 1.165) is 16.1 Å². The van der Waals surface area contributed by atoms with E-state index in [1.807, 2.05) is 44.2 Å². The van der Waals surface area contributed by atoms with Gasteiger partial charge in [0.2, 0.25) is 28.6 Å². The van der Waals surface area contributed by atoms with Crippen LogP contribution in [0, 0.1) is 0 Å². The number of sulfonamides is 1. The highest BCUT2D eigenvalue weighted by Gasteiger charge is 2.34. The standard InChI is InChI=1S/C30H33Cl2N3O6S/c1-4-20(2)33-30(37)26(14-21-8-6-5-7-9-21)34(17-22-10-11-23(31)15-25(22)32)29(36)18-35(42(3,38)39)24-12-13-27-28(16-24)41-19-40-27/h5-13,15-16,20,26H,4,14,17-19H2,1-3H3,(H,33,37). The number of anilines is 1. The van der Waals surface area contributed by atoms with Crippen molar-refractivity contribution in [3.63, 3.8) is 0 Å². The molecule has 2 unspecified atom stereocenters. The summed E-state index contributed by atoms with van der Waals surface area (Å²) < 4.78 is 37.7. The van der Waals surface area contributed by atoms with Crippen LogP contribution in [0.1, 0.15) is 31.4 Å². The average Bonchev–Trinajstić information content (AvgIpc) is 3.42. The molecule has 224 valence electrons. The van der Waals surface area contributed by atoms with Gasteiger partial charge in [-0.3, -0.25) is 13.9 Å². The first-order valence-corrected chi connectivity index (χ1v) is 16.0. The average molecular weight is 635 g/mol. The molecule has 0 spiro atoms. The number of halogens is 2. The molecule has 0 saturated heterocycles. The number of amides is 2. The number of hydrogen-bond donors (Lipinski definition) is 1.